The fraction of sp³-hybridized carbons (Fsp3) is 0.400. The Balaban J connectivity index is 1.75. The maximum Gasteiger partial charge on any atom is 0.329 e. The number of ether oxygens (including phenoxy) is 2. The van der Waals surface area contributed by atoms with Gasteiger partial charge in [-0.25, -0.2) is 4.79 Å². The third-order valence-electron chi connectivity index (χ3n) is 4.29. The van der Waals surface area contributed by atoms with Crippen molar-refractivity contribution in [1.82, 2.24) is 4.90 Å². The molecule has 138 valence electrons. The topological polar surface area (TPSA) is 69.0 Å². The number of amides is 1. The van der Waals surface area contributed by atoms with Crippen LogP contribution in [0.1, 0.15) is 35.5 Å². The average molecular weight is 357 g/mol. The molecule has 0 bridgehead atoms. The number of esters is 1. The number of rotatable bonds is 6. The number of furan rings is 1. The second kappa shape index (κ2) is 8.19. The quantitative estimate of drug-likeness (QED) is 0.587. The van der Waals surface area contributed by atoms with Gasteiger partial charge in [-0.05, 0) is 37.1 Å². The van der Waals surface area contributed by atoms with E-state index in [2.05, 4.69) is 0 Å². The highest BCUT2D eigenvalue weighted by atomic mass is 16.6. The minimum absolute atomic E-state index is 0.0762. The van der Waals surface area contributed by atoms with E-state index in [0.29, 0.717) is 19.6 Å². The SMILES string of the molecule is CC(C)OCCOC(=O)[C@@H]1Cc2ccccc2CN1C(=O)c1ccco1. The molecular weight excluding hydrogens is 334 g/mol. The van der Waals surface area contributed by atoms with E-state index in [4.69, 9.17) is 13.9 Å². The second-order valence-corrected chi connectivity index (χ2v) is 6.49. The fourth-order valence-corrected chi connectivity index (χ4v) is 3.01. The normalized spacial score (nSPS) is 16.4. The molecule has 0 saturated carbocycles. The molecular formula is C20H23NO5. The zero-order valence-electron chi connectivity index (χ0n) is 15.0. The zero-order chi connectivity index (χ0) is 18.5. The lowest BCUT2D eigenvalue weighted by Gasteiger charge is -2.34. The largest absolute Gasteiger partial charge is 0.462 e. The lowest BCUT2D eigenvalue weighted by Crippen LogP contribution is -2.49. The molecule has 6 heteroatoms. The molecule has 0 saturated heterocycles. The summed E-state index contributed by atoms with van der Waals surface area (Å²) in [4.78, 5) is 27.0. The van der Waals surface area contributed by atoms with Crippen molar-refractivity contribution in [3.63, 3.8) is 0 Å². The minimum Gasteiger partial charge on any atom is -0.462 e. The first kappa shape index (κ1) is 18.2. The molecule has 1 atom stereocenters. The Hall–Kier alpha value is -2.60. The average Bonchev–Trinajstić information content (AvgIpc) is 3.18. The van der Waals surface area contributed by atoms with Gasteiger partial charge in [-0.2, -0.15) is 0 Å². The molecule has 3 rings (SSSR count). The van der Waals surface area contributed by atoms with Gasteiger partial charge in [0, 0.05) is 13.0 Å². The Morgan fingerprint density at radius 1 is 1.15 bits per heavy atom. The van der Waals surface area contributed by atoms with Crippen LogP contribution in [0, 0.1) is 0 Å². The van der Waals surface area contributed by atoms with Crippen molar-refractivity contribution in [2.75, 3.05) is 13.2 Å². The van der Waals surface area contributed by atoms with Crippen LogP contribution in [0.3, 0.4) is 0 Å². The van der Waals surface area contributed by atoms with E-state index < -0.39 is 12.0 Å². The first-order chi connectivity index (χ1) is 12.6. The Labute approximate surface area is 152 Å². The minimum atomic E-state index is -0.679. The number of fused-ring (bicyclic) bond motifs is 1. The van der Waals surface area contributed by atoms with E-state index in [9.17, 15) is 9.59 Å². The van der Waals surface area contributed by atoms with Crippen LogP contribution in [0.2, 0.25) is 0 Å². The van der Waals surface area contributed by atoms with Gasteiger partial charge < -0.3 is 18.8 Å². The molecule has 2 heterocycles. The van der Waals surface area contributed by atoms with Gasteiger partial charge >= 0.3 is 5.97 Å². The maximum atomic E-state index is 12.8. The molecule has 0 unspecified atom stereocenters. The van der Waals surface area contributed by atoms with E-state index in [0.717, 1.165) is 11.1 Å². The summed E-state index contributed by atoms with van der Waals surface area (Å²) in [5.74, 6) is -0.526. The van der Waals surface area contributed by atoms with Crippen molar-refractivity contribution in [1.29, 1.82) is 0 Å². The lowest BCUT2D eigenvalue weighted by atomic mass is 9.93. The molecule has 0 fully saturated rings. The van der Waals surface area contributed by atoms with E-state index in [1.165, 1.54) is 11.2 Å². The molecule has 1 aliphatic rings. The van der Waals surface area contributed by atoms with Crippen LogP contribution in [0.5, 0.6) is 0 Å². The Morgan fingerprint density at radius 3 is 2.62 bits per heavy atom. The van der Waals surface area contributed by atoms with Gasteiger partial charge in [0.05, 0.1) is 19.0 Å². The molecule has 1 aliphatic heterocycles. The van der Waals surface area contributed by atoms with Crippen LogP contribution in [-0.2, 0) is 27.2 Å². The molecule has 0 N–H and O–H groups in total. The number of nitrogens with zero attached hydrogens (tertiary/aromatic N) is 1. The molecule has 2 aromatic rings. The molecule has 1 amide bonds. The Kier molecular flexibility index (Phi) is 5.73. The smallest absolute Gasteiger partial charge is 0.329 e. The van der Waals surface area contributed by atoms with Crippen molar-refractivity contribution in [3.8, 4) is 0 Å². The standard InChI is InChI=1S/C20H23NO5/c1-14(2)24-10-11-26-20(23)17-12-15-6-3-4-7-16(15)13-21(17)19(22)18-8-5-9-25-18/h3-9,14,17H,10-13H2,1-2H3/t17-/m0/s1. The third-order valence-corrected chi connectivity index (χ3v) is 4.29. The summed E-state index contributed by atoms with van der Waals surface area (Å²) in [6.45, 7) is 4.68. The summed E-state index contributed by atoms with van der Waals surface area (Å²) in [5, 5.41) is 0. The number of carbonyl (C=O) groups excluding carboxylic acids is 2. The number of hydrogen-bond acceptors (Lipinski definition) is 5. The van der Waals surface area contributed by atoms with E-state index in [1.807, 2.05) is 38.1 Å². The van der Waals surface area contributed by atoms with Crippen molar-refractivity contribution in [2.45, 2.75) is 39.0 Å². The summed E-state index contributed by atoms with van der Waals surface area (Å²) in [5.41, 5.74) is 2.08. The number of hydrogen-bond donors (Lipinski definition) is 0. The van der Waals surface area contributed by atoms with E-state index in [-0.39, 0.29) is 24.4 Å². The molecule has 6 nitrogen and oxygen atoms in total. The van der Waals surface area contributed by atoms with Crippen molar-refractivity contribution in [3.05, 3.63) is 59.5 Å². The zero-order valence-corrected chi connectivity index (χ0v) is 15.0. The third kappa shape index (κ3) is 4.14. The highest BCUT2D eigenvalue weighted by Crippen LogP contribution is 2.26. The highest BCUT2D eigenvalue weighted by Gasteiger charge is 2.36. The van der Waals surface area contributed by atoms with Crippen LogP contribution in [0.4, 0.5) is 0 Å². The molecule has 26 heavy (non-hydrogen) atoms. The lowest BCUT2D eigenvalue weighted by molar-refractivity contribution is -0.151. The van der Waals surface area contributed by atoms with Crippen LogP contribution in [0.25, 0.3) is 0 Å². The van der Waals surface area contributed by atoms with Crippen molar-refractivity contribution < 1.29 is 23.5 Å². The Morgan fingerprint density at radius 2 is 1.92 bits per heavy atom. The molecule has 1 aromatic heterocycles. The van der Waals surface area contributed by atoms with Crippen molar-refractivity contribution in [2.24, 2.45) is 0 Å². The van der Waals surface area contributed by atoms with Gasteiger partial charge in [-0.1, -0.05) is 24.3 Å². The van der Waals surface area contributed by atoms with Gasteiger partial charge in [0.2, 0.25) is 0 Å². The van der Waals surface area contributed by atoms with Gasteiger partial charge in [0.15, 0.2) is 5.76 Å². The Bertz CT molecular complexity index is 753. The van der Waals surface area contributed by atoms with Crippen LogP contribution < -0.4 is 0 Å². The summed E-state index contributed by atoms with van der Waals surface area (Å²) in [6, 6.07) is 10.4. The fourth-order valence-electron chi connectivity index (χ4n) is 3.01. The second-order valence-electron chi connectivity index (χ2n) is 6.49. The molecule has 0 radical (unpaired) electrons. The van der Waals surface area contributed by atoms with E-state index in [1.54, 1.807) is 12.1 Å². The van der Waals surface area contributed by atoms with Gasteiger partial charge in [0.25, 0.3) is 5.91 Å². The highest BCUT2D eigenvalue weighted by molar-refractivity contribution is 5.95. The van der Waals surface area contributed by atoms with Gasteiger partial charge in [-0.3, -0.25) is 4.79 Å². The first-order valence-electron chi connectivity index (χ1n) is 8.75. The first-order valence-corrected chi connectivity index (χ1v) is 8.75. The number of benzene rings is 1. The molecule has 0 spiro atoms. The van der Waals surface area contributed by atoms with Gasteiger partial charge in [0.1, 0.15) is 12.6 Å². The summed E-state index contributed by atoms with van der Waals surface area (Å²) in [6.07, 6.45) is 1.95. The number of carbonyl (C=O) groups is 2. The predicted molar refractivity (Wildman–Crippen MR) is 94.6 cm³/mol. The summed E-state index contributed by atoms with van der Waals surface area (Å²) >= 11 is 0. The van der Waals surface area contributed by atoms with Crippen LogP contribution in [0.15, 0.2) is 47.1 Å². The van der Waals surface area contributed by atoms with E-state index >= 15 is 0 Å². The predicted octanol–water partition coefficient (Wildman–Crippen LogP) is 2.81. The van der Waals surface area contributed by atoms with Crippen LogP contribution >= 0.6 is 0 Å². The van der Waals surface area contributed by atoms with Crippen molar-refractivity contribution >= 4 is 11.9 Å². The van der Waals surface area contributed by atoms with Crippen LogP contribution in [-0.4, -0.2) is 42.1 Å². The summed E-state index contributed by atoms with van der Waals surface area (Å²) < 4.78 is 16.0. The summed E-state index contributed by atoms with van der Waals surface area (Å²) in [7, 11) is 0. The maximum absolute atomic E-state index is 12.8. The monoisotopic (exact) mass is 357 g/mol. The molecule has 0 aliphatic carbocycles. The molecule has 1 aromatic carbocycles. The van der Waals surface area contributed by atoms with Gasteiger partial charge in [-0.15, -0.1) is 0 Å².